The standard InChI is InChI=1S/C12H14BrNO5/c1-18-12(17)10(6-15)14-11(16)7-19-9-4-2-3-8(13)5-9/h2-5,10,15H,6-7H2,1H3,(H,14,16)/t10-/m0/s1. The van der Waals surface area contributed by atoms with Crippen molar-refractivity contribution in [3.05, 3.63) is 28.7 Å². The van der Waals surface area contributed by atoms with Crippen LogP contribution >= 0.6 is 15.9 Å². The van der Waals surface area contributed by atoms with Gasteiger partial charge in [0.15, 0.2) is 12.6 Å². The second-order valence-corrected chi connectivity index (χ2v) is 4.49. The van der Waals surface area contributed by atoms with Crippen molar-refractivity contribution in [2.45, 2.75) is 6.04 Å². The molecular weight excluding hydrogens is 318 g/mol. The Kier molecular flexibility index (Phi) is 6.31. The van der Waals surface area contributed by atoms with Gasteiger partial charge in [0.1, 0.15) is 5.75 Å². The average Bonchev–Trinajstić information content (AvgIpc) is 2.41. The fraction of sp³-hybridized carbons (Fsp3) is 0.333. The van der Waals surface area contributed by atoms with Gasteiger partial charge in [0, 0.05) is 4.47 Å². The Morgan fingerprint density at radius 2 is 2.21 bits per heavy atom. The van der Waals surface area contributed by atoms with Gasteiger partial charge >= 0.3 is 5.97 Å². The van der Waals surface area contributed by atoms with Crippen LogP contribution in [0.5, 0.6) is 5.75 Å². The van der Waals surface area contributed by atoms with E-state index in [1.165, 1.54) is 7.11 Å². The zero-order valence-electron chi connectivity index (χ0n) is 10.3. The summed E-state index contributed by atoms with van der Waals surface area (Å²) in [7, 11) is 1.18. The van der Waals surface area contributed by atoms with Gasteiger partial charge < -0.3 is 19.9 Å². The van der Waals surface area contributed by atoms with E-state index >= 15 is 0 Å². The lowest BCUT2D eigenvalue weighted by Gasteiger charge is -2.14. The van der Waals surface area contributed by atoms with Crippen LogP contribution in [0.15, 0.2) is 28.7 Å². The second-order valence-electron chi connectivity index (χ2n) is 3.57. The maximum atomic E-state index is 11.5. The Bertz CT molecular complexity index is 452. The minimum Gasteiger partial charge on any atom is -0.484 e. The Labute approximate surface area is 118 Å². The first-order chi connectivity index (χ1) is 9.06. The third kappa shape index (κ3) is 5.27. The minimum atomic E-state index is -1.08. The van der Waals surface area contributed by atoms with Crippen LogP contribution in [0.1, 0.15) is 0 Å². The molecule has 0 spiro atoms. The molecule has 1 amide bonds. The molecule has 0 radical (unpaired) electrons. The number of methoxy groups -OCH3 is 1. The summed E-state index contributed by atoms with van der Waals surface area (Å²) in [5.41, 5.74) is 0. The molecule has 19 heavy (non-hydrogen) atoms. The molecule has 0 bridgehead atoms. The van der Waals surface area contributed by atoms with Crippen LogP contribution in [-0.4, -0.2) is 43.3 Å². The highest BCUT2D eigenvalue weighted by Gasteiger charge is 2.20. The van der Waals surface area contributed by atoms with E-state index in [4.69, 9.17) is 9.84 Å². The topological polar surface area (TPSA) is 84.9 Å². The predicted octanol–water partition coefficient (Wildman–Crippen LogP) is 0.478. The number of aliphatic hydroxyl groups is 1. The summed E-state index contributed by atoms with van der Waals surface area (Å²) in [5, 5.41) is 11.2. The van der Waals surface area contributed by atoms with Crippen LogP contribution in [0.25, 0.3) is 0 Å². The molecule has 0 saturated heterocycles. The van der Waals surface area contributed by atoms with Gasteiger partial charge in [-0.3, -0.25) is 4.79 Å². The van der Waals surface area contributed by atoms with Crippen molar-refractivity contribution < 1.29 is 24.2 Å². The van der Waals surface area contributed by atoms with Gasteiger partial charge in [-0.15, -0.1) is 0 Å². The first-order valence-electron chi connectivity index (χ1n) is 5.43. The molecular formula is C12H14BrNO5. The summed E-state index contributed by atoms with van der Waals surface area (Å²) in [6, 6.07) is 5.91. The Morgan fingerprint density at radius 1 is 1.47 bits per heavy atom. The van der Waals surface area contributed by atoms with E-state index < -0.39 is 24.5 Å². The Morgan fingerprint density at radius 3 is 2.79 bits per heavy atom. The molecule has 7 heteroatoms. The molecule has 0 heterocycles. The molecule has 0 aliphatic carbocycles. The van der Waals surface area contributed by atoms with Crippen LogP contribution < -0.4 is 10.1 Å². The molecule has 0 aromatic heterocycles. The SMILES string of the molecule is COC(=O)[C@H](CO)NC(=O)COc1cccc(Br)c1. The van der Waals surface area contributed by atoms with E-state index in [9.17, 15) is 9.59 Å². The summed E-state index contributed by atoms with van der Waals surface area (Å²) in [5.74, 6) is -0.717. The summed E-state index contributed by atoms with van der Waals surface area (Å²) >= 11 is 3.27. The molecule has 0 aliphatic heterocycles. The van der Waals surface area contributed by atoms with Gasteiger partial charge in [-0.1, -0.05) is 22.0 Å². The van der Waals surface area contributed by atoms with E-state index in [0.29, 0.717) is 5.75 Å². The van der Waals surface area contributed by atoms with Crippen molar-refractivity contribution in [3.63, 3.8) is 0 Å². The van der Waals surface area contributed by atoms with Gasteiger partial charge in [0.25, 0.3) is 5.91 Å². The fourth-order valence-corrected chi connectivity index (χ4v) is 1.64. The highest BCUT2D eigenvalue weighted by atomic mass is 79.9. The fourth-order valence-electron chi connectivity index (χ4n) is 1.26. The van der Waals surface area contributed by atoms with Gasteiger partial charge in [-0.05, 0) is 18.2 Å². The zero-order chi connectivity index (χ0) is 14.3. The summed E-state index contributed by atoms with van der Waals surface area (Å²) < 4.78 is 10.5. The quantitative estimate of drug-likeness (QED) is 0.740. The number of amides is 1. The number of halogens is 1. The van der Waals surface area contributed by atoms with E-state index in [2.05, 4.69) is 26.0 Å². The summed E-state index contributed by atoms with van der Waals surface area (Å²) in [4.78, 5) is 22.7. The highest BCUT2D eigenvalue weighted by Crippen LogP contribution is 2.17. The van der Waals surface area contributed by atoms with Gasteiger partial charge in [-0.25, -0.2) is 4.79 Å². The van der Waals surface area contributed by atoms with E-state index in [-0.39, 0.29) is 6.61 Å². The number of carbonyl (C=O) groups excluding carboxylic acids is 2. The van der Waals surface area contributed by atoms with Gasteiger partial charge in [0.05, 0.1) is 13.7 Å². The number of benzene rings is 1. The molecule has 1 rings (SSSR count). The molecule has 0 saturated carbocycles. The zero-order valence-corrected chi connectivity index (χ0v) is 11.8. The molecule has 0 unspecified atom stereocenters. The molecule has 0 fully saturated rings. The third-order valence-corrected chi connectivity index (χ3v) is 2.66. The first-order valence-corrected chi connectivity index (χ1v) is 6.22. The number of hydrogen-bond donors (Lipinski definition) is 2. The molecule has 0 aliphatic rings. The highest BCUT2D eigenvalue weighted by molar-refractivity contribution is 9.10. The number of carbonyl (C=O) groups is 2. The van der Waals surface area contributed by atoms with Crippen molar-refractivity contribution in [1.29, 1.82) is 0 Å². The second kappa shape index (κ2) is 7.75. The number of esters is 1. The van der Waals surface area contributed by atoms with Crippen molar-refractivity contribution in [3.8, 4) is 5.75 Å². The lowest BCUT2D eigenvalue weighted by Crippen LogP contribution is -2.45. The number of ether oxygens (including phenoxy) is 2. The number of hydrogen-bond acceptors (Lipinski definition) is 5. The minimum absolute atomic E-state index is 0.260. The molecule has 104 valence electrons. The summed E-state index contributed by atoms with van der Waals surface area (Å²) in [6.07, 6.45) is 0. The number of aliphatic hydroxyl groups excluding tert-OH is 1. The van der Waals surface area contributed by atoms with Crippen LogP contribution in [0, 0.1) is 0 Å². The van der Waals surface area contributed by atoms with Crippen molar-refractivity contribution >= 4 is 27.8 Å². The van der Waals surface area contributed by atoms with Crippen LogP contribution in [-0.2, 0) is 14.3 Å². The van der Waals surface area contributed by atoms with Crippen LogP contribution in [0.2, 0.25) is 0 Å². The largest absolute Gasteiger partial charge is 0.484 e. The summed E-state index contributed by atoms with van der Waals surface area (Å²) in [6.45, 7) is -0.792. The van der Waals surface area contributed by atoms with Crippen molar-refractivity contribution in [2.24, 2.45) is 0 Å². The Hall–Kier alpha value is -1.60. The molecule has 6 nitrogen and oxygen atoms in total. The van der Waals surface area contributed by atoms with Crippen molar-refractivity contribution in [1.82, 2.24) is 5.32 Å². The van der Waals surface area contributed by atoms with E-state index in [1.807, 2.05) is 6.07 Å². The van der Waals surface area contributed by atoms with E-state index in [0.717, 1.165) is 4.47 Å². The average molecular weight is 332 g/mol. The van der Waals surface area contributed by atoms with Gasteiger partial charge in [0.2, 0.25) is 0 Å². The smallest absolute Gasteiger partial charge is 0.330 e. The first kappa shape index (κ1) is 15.5. The van der Waals surface area contributed by atoms with Crippen molar-refractivity contribution in [2.75, 3.05) is 20.3 Å². The maximum absolute atomic E-state index is 11.5. The lowest BCUT2D eigenvalue weighted by molar-refractivity contribution is -0.146. The predicted molar refractivity (Wildman–Crippen MR) is 70.7 cm³/mol. The normalized spacial score (nSPS) is 11.5. The van der Waals surface area contributed by atoms with Gasteiger partial charge in [-0.2, -0.15) is 0 Å². The number of nitrogens with one attached hydrogen (secondary N) is 1. The lowest BCUT2D eigenvalue weighted by atomic mass is 10.3. The third-order valence-electron chi connectivity index (χ3n) is 2.17. The molecule has 1 aromatic rings. The number of rotatable bonds is 6. The Balaban J connectivity index is 2.45. The molecule has 2 N–H and O–H groups in total. The maximum Gasteiger partial charge on any atom is 0.330 e. The monoisotopic (exact) mass is 331 g/mol. The molecule has 1 atom stereocenters. The van der Waals surface area contributed by atoms with Crippen LogP contribution in [0.3, 0.4) is 0 Å². The molecule has 1 aromatic carbocycles. The van der Waals surface area contributed by atoms with Crippen LogP contribution in [0.4, 0.5) is 0 Å². The van der Waals surface area contributed by atoms with E-state index in [1.54, 1.807) is 18.2 Å².